The van der Waals surface area contributed by atoms with Crippen LogP contribution in [0.1, 0.15) is 109 Å². The van der Waals surface area contributed by atoms with E-state index in [1.807, 2.05) is 24.1 Å². The lowest BCUT2D eigenvalue weighted by Crippen LogP contribution is -2.51. The standard InChI is InChI=1S/C49H55N9O3/c1-31-12-15-35(16-13-31)45-40-28-36(17-19-42(40)57(34(4)50)33(3)49(54-45)22-23-49)37-29-51-56(30-37)25-8-6-5-7-24-55-26-20-38(21-27-55)53-41-11-9-10-39-44(41)48(61)58(47(39)60)43-18-14-32(2)52-46(43)59/h9-13,15-17,19,28-30,38,43,50,53H,2-3,5-8,14,18,20-27H2,1,4H3,(H,52,59). The molecule has 314 valence electrons. The summed E-state index contributed by atoms with van der Waals surface area (Å²) in [7, 11) is 0. The van der Waals surface area contributed by atoms with E-state index in [0.717, 1.165) is 122 Å². The summed E-state index contributed by atoms with van der Waals surface area (Å²) in [5, 5.41) is 19.7. The van der Waals surface area contributed by atoms with E-state index in [2.05, 4.69) is 89.0 Å². The number of fused-ring (bicyclic) bond motifs is 2. The Labute approximate surface area is 357 Å². The number of aryl methyl sites for hydroxylation is 2. The number of carbonyl (C=O) groups excluding carboxylic acids is 3. The fraction of sp³-hybridized carbons (Fsp3) is 0.388. The van der Waals surface area contributed by atoms with Crippen molar-refractivity contribution in [3.05, 3.63) is 125 Å². The first-order valence-corrected chi connectivity index (χ1v) is 21.9. The van der Waals surface area contributed by atoms with Crippen LogP contribution in [0.4, 0.5) is 11.4 Å². The molecule has 1 unspecified atom stereocenters. The number of rotatable bonds is 12. The van der Waals surface area contributed by atoms with E-state index in [1.165, 1.54) is 5.56 Å². The van der Waals surface area contributed by atoms with Crippen molar-refractivity contribution in [1.82, 2.24) is 24.9 Å². The highest BCUT2D eigenvalue weighted by atomic mass is 16.2. The van der Waals surface area contributed by atoms with Gasteiger partial charge in [-0.25, -0.2) is 0 Å². The molecule has 3 fully saturated rings. The molecular weight excluding hydrogens is 763 g/mol. The van der Waals surface area contributed by atoms with Crippen molar-refractivity contribution in [2.45, 2.75) is 102 Å². The number of amidine groups is 1. The maximum Gasteiger partial charge on any atom is 0.264 e. The minimum absolute atomic E-state index is 0.199. The molecule has 9 rings (SSSR count). The minimum Gasteiger partial charge on any atom is -0.382 e. The van der Waals surface area contributed by atoms with E-state index in [1.54, 1.807) is 12.1 Å². The first-order valence-electron chi connectivity index (χ1n) is 21.9. The Morgan fingerprint density at radius 3 is 2.34 bits per heavy atom. The van der Waals surface area contributed by atoms with Crippen molar-refractivity contribution in [1.29, 1.82) is 5.41 Å². The van der Waals surface area contributed by atoms with Gasteiger partial charge in [-0.2, -0.15) is 5.10 Å². The van der Waals surface area contributed by atoms with Gasteiger partial charge in [0.2, 0.25) is 5.91 Å². The highest BCUT2D eigenvalue weighted by Gasteiger charge is 2.50. The number of amides is 3. The molecule has 2 saturated heterocycles. The first kappa shape index (κ1) is 40.3. The van der Waals surface area contributed by atoms with Gasteiger partial charge in [-0.1, -0.05) is 68.0 Å². The number of hydrogen-bond donors (Lipinski definition) is 3. The fourth-order valence-corrected chi connectivity index (χ4v) is 9.46. The maximum atomic E-state index is 13.6. The molecule has 0 radical (unpaired) electrons. The second kappa shape index (κ2) is 16.4. The zero-order valence-electron chi connectivity index (χ0n) is 35.3. The smallest absolute Gasteiger partial charge is 0.264 e. The summed E-state index contributed by atoms with van der Waals surface area (Å²) in [6, 6.07) is 19.7. The van der Waals surface area contributed by atoms with Crippen LogP contribution >= 0.6 is 0 Å². The Morgan fingerprint density at radius 2 is 1.62 bits per heavy atom. The molecule has 1 atom stereocenters. The molecule has 0 bridgehead atoms. The number of benzene rings is 3. The summed E-state index contributed by atoms with van der Waals surface area (Å²) in [5.74, 6) is -0.723. The Hall–Kier alpha value is -6.14. The number of anilines is 2. The van der Waals surface area contributed by atoms with Crippen molar-refractivity contribution < 1.29 is 14.4 Å². The number of aliphatic imine (C=N–C) groups is 1. The molecule has 1 saturated carbocycles. The van der Waals surface area contributed by atoms with Gasteiger partial charge in [0, 0.05) is 65.6 Å². The Kier molecular flexibility index (Phi) is 10.8. The van der Waals surface area contributed by atoms with Crippen molar-refractivity contribution >= 4 is 40.6 Å². The van der Waals surface area contributed by atoms with Gasteiger partial charge in [0.15, 0.2) is 0 Å². The van der Waals surface area contributed by atoms with Crippen LogP contribution in [0.15, 0.2) is 103 Å². The first-order chi connectivity index (χ1) is 29.5. The topological polar surface area (TPSA) is 139 Å². The third-order valence-electron chi connectivity index (χ3n) is 13.1. The summed E-state index contributed by atoms with van der Waals surface area (Å²) in [6.45, 7) is 16.1. The quantitative estimate of drug-likeness (QED) is 0.0569. The van der Waals surface area contributed by atoms with E-state index in [9.17, 15) is 14.4 Å². The second-order valence-corrected chi connectivity index (χ2v) is 17.5. The molecule has 5 aliphatic rings. The van der Waals surface area contributed by atoms with Crippen LogP contribution in [0, 0.1) is 12.3 Å². The molecule has 3 amide bonds. The van der Waals surface area contributed by atoms with Crippen LogP contribution < -0.4 is 15.5 Å². The van der Waals surface area contributed by atoms with Gasteiger partial charge in [-0.15, -0.1) is 0 Å². The molecule has 1 spiro atoms. The molecule has 3 N–H and O–H groups in total. The molecule has 4 aromatic rings. The Bertz CT molecular complexity index is 2470. The number of likely N-dealkylation sites (tertiary alicyclic amines) is 1. The number of imide groups is 1. The highest BCUT2D eigenvalue weighted by Crippen LogP contribution is 2.51. The van der Waals surface area contributed by atoms with Gasteiger partial charge in [0.25, 0.3) is 11.8 Å². The summed E-state index contributed by atoms with van der Waals surface area (Å²) in [6.07, 6.45) is 13.3. The lowest BCUT2D eigenvalue weighted by Gasteiger charge is -2.33. The number of nitrogens with zero attached hydrogens (tertiary/aromatic N) is 6. The van der Waals surface area contributed by atoms with Crippen molar-refractivity contribution in [3.63, 3.8) is 0 Å². The molecule has 61 heavy (non-hydrogen) atoms. The SMILES string of the molecule is C=C1CCC(N2C(=O)c3cccc(NC4CCN(CCCCCCn5cc(-c6ccc7c(c6)C(c6ccc(C)cc6)=NC6(CC6)C(=C)N7C(C)=N)cn5)CC4)c3C2=O)C(=O)N1. The summed E-state index contributed by atoms with van der Waals surface area (Å²) in [5.41, 5.74) is 9.83. The van der Waals surface area contributed by atoms with Gasteiger partial charge < -0.3 is 20.4 Å². The number of unbranched alkanes of at least 4 members (excludes halogenated alkanes) is 3. The van der Waals surface area contributed by atoms with Crippen molar-refractivity contribution in [2.24, 2.45) is 4.99 Å². The molecule has 1 aliphatic carbocycles. The third kappa shape index (κ3) is 7.85. The number of carbonyl (C=O) groups is 3. The lowest BCUT2D eigenvalue weighted by molar-refractivity contribution is -0.125. The van der Waals surface area contributed by atoms with Gasteiger partial charge in [0.1, 0.15) is 17.4 Å². The van der Waals surface area contributed by atoms with E-state index < -0.39 is 17.9 Å². The van der Waals surface area contributed by atoms with Crippen molar-refractivity contribution in [2.75, 3.05) is 29.9 Å². The average Bonchev–Trinajstić information content (AvgIpc) is 3.83. The normalized spacial score (nSPS) is 20.1. The Morgan fingerprint density at radius 1 is 0.885 bits per heavy atom. The number of piperidine rings is 2. The number of hydrogen-bond acceptors (Lipinski definition) is 8. The van der Waals surface area contributed by atoms with Gasteiger partial charge in [0.05, 0.1) is 28.7 Å². The zero-order chi connectivity index (χ0) is 42.4. The molecule has 12 nitrogen and oxygen atoms in total. The van der Waals surface area contributed by atoms with Gasteiger partial charge in [-0.05, 0) is 102 Å². The second-order valence-electron chi connectivity index (χ2n) is 17.5. The third-order valence-corrected chi connectivity index (χ3v) is 13.1. The van der Waals surface area contributed by atoms with Gasteiger partial charge >= 0.3 is 0 Å². The highest BCUT2D eigenvalue weighted by molar-refractivity contribution is 6.25. The predicted octanol–water partition coefficient (Wildman–Crippen LogP) is 8.08. The molecule has 5 heterocycles. The monoisotopic (exact) mass is 817 g/mol. The van der Waals surface area contributed by atoms with E-state index in [0.29, 0.717) is 41.2 Å². The number of nitrogens with one attached hydrogen (secondary N) is 3. The number of allylic oxidation sites excluding steroid dienone is 1. The fourth-order valence-electron chi connectivity index (χ4n) is 9.46. The Balaban J connectivity index is 0.754. The molecule has 1 aromatic heterocycles. The lowest BCUT2D eigenvalue weighted by atomic mass is 9.96. The predicted molar refractivity (Wildman–Crippen MR) is 240 cm³/mol. The van der Waals surface area contributed by atoms with Crippen LogP contribution in [-0.4, -0.2) is 86.1 Å². The van der Waals surface area contributed by atoms with Crippen LogP contribution in [0.2, 0.25) is 0 Å². The molecule has 3 aromatic carbocycles. The van der Waals surface area contributed by atoms with E-state index >= 15 is 0 Å². The molecule has 4 aliphatic heterocycles. The van der Waals surface area contributed by atoms with Crippen LogP contribution in [0.25, 0.3) is 11.1 Å². The summed E-state index contributed by atoms with van der Waals surface area (Å²) < 4.78 is 2.05. The van der Waals surface area contributed by atoms with Crippen molar-refractivity contribution in [3.8, 4) is 11.1 Å². The van der Waals surface area contributed by atoms with Crippen LogP contribution in [0.3, 0.4) is 0 Å². The van der Waals surface area contributed by atoms with Crippen LogP contribution in [-0.2, 0) is 11.3 Å². The van der Waals surface area contributed by atoms with Crippen LogP contribution in [0.5, 0.6) is 0 Å². The average molecular weight is 818 g/mol. The number of aromatic nitrogens is 2. The van der Waals surface area contributed by atoms with E-state index in [4.69, 9.17) is 15.5 Å². The zero-order valence-corrected chi connectivity index (χ0v) is 35.3. The van der Waals surface area contributed by atoms with E-state index in [-0.39, 0.29) is 17.5 Å². The largest absolute Gasteiger partial charge is 0.382 e. The molecular formula is C49H55N9O3. The summed E-state index contributed by atoms with van der Waals surface area (Å²) >= 11 is 0. The maximum absolute atomic E-state index is 13.6. The van der Waals surface area contributed by atoms with Gasteiger partial charge in [-0.3, -0.25) is 34.4 Å². The minimum atomic E-state index is -0.819. The molecule has 12 heteroatoms. The summed E-state index contributed by atoms with van der Waals surface area (Å²) in [4.78, 5) is 50.6.